The second kappa shape index (κ2) is 16.6. The molecule has 170 valence electrons. The highest BCUT2D eigenvalue weighted by Crippen LogP contribution is 2.17. The fourth-order valence-corrected chi connectivity index (χ4v) is 2.26. The van der Waals surface area contributed by atoms with Crippen LogP contribution in [0.5, 0.6) is 0 Å². The number of carbonyl (C=O) groups is 3. The van der Waals surface area contributed by atoms with E-state index in [4.69, 9.17) is 0 Å². The number of nitrogens with one attached hydrogen (secondary N) is 3. The van der Waals surface area contributed by atoms with E-state index in [0.29, 0.717) is 6.54 Å². The number of esters is 1. The first-order chi connectivity index (χ1) is 14.8. The summed E-state index contributed by atoms with van der Waals surface area (Å²) in [5.41, 5.74) is 2.55. The van der Waals surface area contributed by atoms with E-state index in [1.807, 2.05) is 26.0 Å². The van der Waals surface area contributed by atoms with E-state index in [0.717, 1.165) is 0 Å². The maximum Gasteiger partial charge on any atom is 0.328 e. The van der Waals surface area contributed by atoms with Crippen molar-refractivity contribution in [3.8, 4) is 11.1 Å². The highest BCUT2D eigenvalue weighted by atomic mass is 16.5. The van der Waals surface area contributed by atoms with E-state index in [-0.39, 0.29) is 17.9 Å². The van der Waals surface area contributed by atoms with Crippen LogP contribution in [0.2, 0.25) is 0 Å². The minimum atomic E-state index is -0.553. The first kappa shape index (κ1) is 27.8. The number of benzene rings is 2. The fraction of sp³-hybridized carbons (Fsp3) is 0.375. The average molecular weight is 430 g/mol. The molecule has 2 amide bonds. The van der Waals surface area contributed by atoms with Gasteiger partial charge in [-0.1, -0.05) is 60.7 Å². The molecule has 31 heavy (non-hydrogen) atoms. The zero-order valence-corrected chi connectivity index (χ0v) is 19.3. The molecule has 0 saturated carbocycles. The van der Waals surface area contributed by atoms with Crippen LogP contribution in [0.25, 0.3) is 11.1 Å². The molecule has 2 unspecified atom stereocenters. The maximum absolute atomic E-state index is 10.8. The van der Waals surface area contributed by atoms with Crippen LogP contribution in [0.4, 0.5) is 0 Å². The monoisotopic (exact) mass is 429 g/mol. The summed E-state index contributed by atoms with van der Waals surface area (Å²) in [7, 11) is 3.04. The van der Waals surface area contributed by atoms with Gasteiger partial charge < -0.3 is 20.7 Å². The van der Waals surface area contributed by atoms with Gasteiger partial charge in [0, 0.05) is 13.5 Å². The van der Waals surface area contributed by atoms with Gasteiger partial charge in [0.2, 0.25) is 11.8 Å². The minimum absolute atomic E-state index is 0.0556. The molecule has 7 nitrogen and oxygen atoms in total. The molecule has 0 bridgehead atoms. The van der Waals surface area contributed by atoms with Gasteiger partial charge in [-0.3, -0.25) is 9.59 Å². The Hall–Kier alpha value is -3.19. The molecule has 0 aliphatic heterocycles. The Balaban J connectivity index is 0.000000443. The van der Waals surface area contributed by atoms with Gasteiger partial charge in [-0.15, -0.1) is 0 Å². The Morgan fingerprint density at radius 1 is 0.871 bits per heavy atom. The molecule has 0 radical (unpaired) electrons. The third-order valence-corrected chi connectivity index (χ3v) is 4.03. The van der Waals surface area contributed by atoms with Crippen molar-refractivity contribution in [2.24, 2.45) is 0 Å². The van der Waals surface area contributed by atoms with E-state index in [1.165, 1.54) is 25.2 Å². The molecule has 2 rings (SSSR count). The van der Waals surface area contributed by atoms with Crippen molar-refractivity contribution >= 4 is 17.8 Å². The molecule has 3 N–H and O–H groups in total. The van der Waals surface area contributed by atoms with Crippen molar-refractivity contribution < 1.29 is 19.1 Å². The number of carbonyl (C=O) groups excluding carboxylic acids is 3. The van der Waals surface area contributed by atoms with Crippen molar-refractivity contribution in [1.82, 2.24) is 16.0 Å². The summed E-state index contributed by atoms with van der Waals surface area (Å²) >= 11 is 0. The molecule has 0 aliphatic carbocycles. The fourth-order valence-electron chi connectivity index (χ4n) is 2.26. The van der Waals surface area contributed by atoms with Crippen LogP contribution in [0, 0.1) is 0 Å². The Kier molecular flexibility index (Phi) is 14.9. The molecule has 0 aliphatic rings. The van der Waals surface area contributed by atoms with Crippen LogP contribution in [-0.4, -0.2) is 50.6 Å². The Morgan fingerprint density at radius 3 is 1.65 bits per heavy atom. The zero-order chi connectivity index (χ0) is 23.6. The van der Waals surface area contributed by atoms with Gasteiger partial charge in [-0.2, -0.15) is 0 Å². The first-order valence-corrected chi connectivity index (χ1v) is 10.2. The lowest BCUT2D eigenvalue weighted by Crippen LogP contribution is -2.40. The van der Waals surface area contributed by atoms with Crippen LogP contribution >= 0.6 is 0 Å². The number of methoxy groups -OCH3 is 1. The normalized spacial score (nSPS) is 11.3. The van der Waals surface area contributed by atoms with E-state index >= 15 is 0 Å². The molecule has 0 saturated heterocycles. The summed E-state index contributed by atoms with van der Waals surface area (Å²) in [6, 6.07) is 20.1. The van der Waals surface area contributed by atoms with Crippen LogP contribution in [-0.2, 0) is 19.1 Å². The smallest absolute Gasteiger partial charge is 0.328 e. The second-order valence-corrected chi connectivity index (χ2v) is 6.58. The highest BCUT2D eigenvalue weighted by Gasteiger charge is 2.12. The van der Waals surface area contributed by atoms with Crippen LogP contribution in [0.15, 0.2) is 60.7 Å². The van der Waals surface area contributed by atoms with Crippen LogP contribution in [0.3, 0.4) is 0 Å². The molecule has 0 aromatic heterocycles. The van der Waals surface area contributed by atoms with Gasteiger partial charge in [0.05, 0.1) is 13.2 Å². The molecule has 2 aromatic rings. The summed E-state index contributed by atoms with van der Waals surface area (Å²) in [4.78, 5) is 31.8. The third-order valence-electron chi connectivity index (χ3n) is 4.03. The lowest BCUT2D eigenvalue weighted by atomic mass is 10.1. The van der Waals surface area contributed by atoms with E-state index < -0.39 is 12.0 Å². The highest BCUT2D eigenvalue weighted by molar-refractivity contribution is 5.82. The number of rotatable bonds is 6. The number of hydrogen-bond acceptors (Lipinski definition) is 5. The molecule has 0 fully saturated rings. The number of amides is 2. The summed E-state index contributed by atoms with van der Waals surface area (Å²) < 4.78 is 4.36. The number of likely N-dealkylation sites (N-methyl/N-ethyl adjacent to an activating group) is 2. The van der Waals surface area contributed by atoms with Crippen molar-refractivity contribution in [2.75, 3.05) is 20.7 Å². The molecule has 0 heterocycles. The van der Waals surface area contributed by atoms with Gasteiger partial charge in [-0.05, 0) is 38.9 Å². The van der Waals surface area contributed by atoms with Crippen molar-refractivity contribution in [1.29, 1.82) is 0 Å². The quantitative estimate of drug-likeness (QED) is 0.614. The molecule has 2 atom stereocenters. The molecule has 0 spiro atoms. The van der Waals surface area contributed by atoms with Gasteiger partial charge in [0.1, 0.15) is 6.04 Å². The Labute approximate surface area is 185 Å². The number of ether oxygens (including phenoxy) is 1. The van der Waals surface area contributed by atoms with Crippen molar-refractivity contribution in [3.05, 3.63) is 60.7 Å². The minimum Gasteiger partial charge on any atom is -0.467 e. The maximum atomic E-state index is 10.8. The zero-order valence-electron chi connectivity index (χ0n) is 19.3. The van der Waals surface area contributed by atoms with Gasteiger partial charge in [0.25, 0.3) is 0 Å². The topological polar surface area (TPSA) is 96.5 Å². The first-order valence-electron chi connectivity index (χ1n) is 10.2. The Bertz CT molecular complexity index is 729. The average Bonchev–Trinajstić information content (AvgIpc) is 2.79. The summed E-state index contributed by atoms with van der Waals surface area (Å²) in [6.45, 7) is 7.34. The molecule has 7 heteroatoms. The third kappa shape index (κ3) is 12.9. The summed E-state index contributed by atoms with van der Waals surface area (Å²) in [5, 5.41) is 7.91. The van der Waals surface area contributed by atoms with E-state index in [2.05, 4.69) is 69.2 Å². The van der Waals surface area contributed by atoms with E-state index in [1.54, 1.807) is 14.0 Å². The van der Waals surface area contributed by atoms with Crippen LogP contribution < -0.4 is 16.0 Å². The predicted octanol–water partition coefficient (Wildman–Crippen LogP) is 2.77. The molecular weight excluding hydrogens is 394 g/mol. The second-order valence-electron chi connectivity index (χ2n) is 6.58. The largest absolute Gasteiger partial charge is 0.467 e. The summed E-state index contributed by atoms with van der Waals surface area (Å²) in [5.74, 6) is -0.617. The predicted molar refractivity (Wildman–Crippen MR) is 124 cm³/mol. The lowest BCUT2D eigenvalue weighted by molar-refractivity contribution is -0.144. The van der Waals surface area contributed by atoms with E-state index in [9.17, 15) is 14.4 Å². The van der Waals surface area contributed by atoms with Gasteiger partial charge >= 0.3 is 5.97 Å². The van der Waals surface area contributed by atoms with Crippen molar-refractivity contribution in [2.45, 2.75) is 39.8 Å². The molecular formula is C24H35N3O4. The lowest BCUT2D eigenvalue weighted by Gasteiger charge is -2.08. The van der Waals surface area contributed by atoms with Crippen LogP contribution in [0.1, 0.15) is 27.7 Å². The standard InChI is InChI=1S/C12H10.C6H14N2O.C6H11NO3/c1-3-7-11(8-4-1)12-9-5-2-6-10-12;1-4-8-6(9)5(2)7-3;1-4(6(9)10-3)7-5(2)8/h1-10H;5,7H,4H2,1-3H3,(H,8,9);4H,1-3H3,(H,7,8). The molecule has 2 aromatic carbocycles. The van der Waals surface area contributed by atoms with Gasteiger partial charge in [0.15, 0.2) is 0 Å². The summed E-state index contributed by atoms with van der Waals surface area (Å²) in [6.07, 6.45) is 0. The SMILES string of the molecule is CCNC(=O)C(C)NC.COC(=O)C(C)NC(C)=O.c1ccc(-c2ccccc2)cc1. The van der Waals surface area contributed by atoms with Crippen molar-refractivity contribution in [3.63, 3.8) is 0 Å². The van der Waals surface area contributed by atoms with Gasteiger partial charge in [-0.25, -0.2) is 4.79 Å². The number of hydrogen-bond donors (Lipinski definition) is 3. The Morgan fingerprint density at radius 2 is 1.32 bits per heavy atom.